The van der Waals surface area contributed by atoms with Crippen molar-refractivity contribution >= 4 is 5.91 Å². The molecule has 0 bridgehead atoms. The molecule has 1 amide bonds. The smallest absolute Gasteiger partial charge is 0.243 e. The summed E-state index contributed by atoms with van der Waals surface area (Å²) < 4.78 is 0. The molecular formula is C27H55NO3. The van der Waals surface area contributed by atoms with E-state index in [1.54, 1.807) is 5.48 Å². The van der Waals surface area contributed by atoms with Gasteiger partial charge >= 0.3 is 0 Å². The minimum atomic E-state index is -0.261. The molecule has 0 aliphatic rings. The summed E-state index contributed by atoms with van der Waals surface area (Å²) in [4.78, 5) is 10.9. The predicted molar refractivity (Wildman–Crippen MR) is 132 cm³/mol. The van der Waals surface area contributed by atoms with Crippen molar-refractivity contribution in [1.82, 2.24) is 5.48 Å². The van der Waals surface area contributed by atoms with E-state index in [0.717, 1.165) is 19.3 Å². The normalized spacial score (nSPS) is 11.2. The first-order valence-corrected chi connectivity index (χ1v) is 13.8. The summed E-state index contributed by atoms with van der Waals surface area (Å²) in [5, 5.41) is 17.2. The Kier molecular flexibility index (Phi) is 26.9. The molecule has 31 heavy (non-hydrogen) atoms. The molecule has 3 N–H and O–H groups in total. The zero-order valence-electron chi connectivity index (χ0n) is 20.7. The molecule has 0 aromatic heterocycles. The highest BCUT2D eigenvalue weighted by Gasteiger charge is 1.99. The van der Waals surface area contributed by atoms with Crippen molar-refractivity contribution in [2.45, 2.75) is 161 Å². The van der Waals surface area contributed by atoms with Crippen LogP contribution in [0.25, 0.3) is 0 Å². The zero-order valence-corrected chi connectivity index (χ0v) is 20.7. The van der Waals surface area contributed by atoms with Crippen molar-refractivity contribution in [1.29, 1.82) is 0 Å². The van der Waals surface area contributed by atoms with E-state index in [4.69, 9.17) is 10.3 Å². The van der Waals surface area contributed by atoms with Crippen LogP contribution in [-0.2, 0) is 4.79 Å². The third-order valence-electron chi connectivity index (χ3n) is 6.44. The van der Waals surface area contributed by atoms with Gasteiger partial charge in [-0.1, -0.05) is 141 Å². The van der Waals surface area contributed by atoms with Crippen LogP contribution in [0.5, 0.6) is 0 Å². The number of nitrogens with one attached hydrogen (secondary N) is 1. The van der Waals surface area contributed by atoms with Gasteiger partial charge in [-0.3, -0.25) is 10.0 Å². The Hall–Kier alpha value is -0.610. The first-order chi connectivity index (χ1) is 15.3. The topological polar surface area (TPSA) is 69.6 Å². The Labute approximate surface area is 193 Å². The standard InChI is InChI=1S/C27H55NO3/c29-26-24-22-20-18-16-14-12-10-8-6-4-2-1-3-5-7-9-11-13-15-17-19-21-23-25-27(30)28-31/h29,31H,1-26H2,(H,28,30). The van der Waals surface area contributed by atoms with E-state index in [1.807, 2.05) is 0 Å². The molecule has 4 nitrogen and oxygen atoms in total. The minimum Gasteiger partial charge on any atom is -0.396 e. The first kappa shape index (κ1) is 30.4. The van der Waals surface area contributed by atoms with Crippen molar-refractivity contribution in [3.8, 4) is 0 Å². The largest absolute Gasteiger partial charge is 0.396 e. The van der Waals surface area contributed by atoms with Crippen LogP contribution in [0.4, 0.5) is 0 Å². The van der Waals surface area contributed by atoms with Gasteiger partial charge in [-0.25, -0.2) is 5.48 Å². The fourth-order valence-electron chi connectivity index (χ4n) is 4.34. The van der Waals surface area contributed by atoms with Crippen LogP contribution in [0.2, 0.25) is 0 Å². The van der Waals surface area contributed by atoms with E-state index < -0.39 is 0 Å². The van der Waals surface area contributed by atoms with Gasteiger partial charge in [-0.15, -0.1) is 0 Å². The lowest BCUT2D eigenvalue weighted by Crippen LogP contribution is -2.17. The average Bonchev–Trinajstić information content (AvgIpc) is 2.78. The summed E-state index contributed by atoms with van der Waals surface area (Å²) in [6, 6.07) is 0. The Morgan fingerprint density at radius 2 is 0.645 bits per heavy atom. The van der Waals surface area contributed by atoms with E-state index in [0.29, 0.717) is 13.0 Å². The molecule has 0 unspecified atom stereocenters. The molecule has 0 fully saturated rings. The Morgan fingerprint density at radius 1 is 0.419 bits per heavy atom. The zero-order chi connectivity index (χ0) is 22.7. The number of unbranched alkanes of at least 4 members (excludes halogenated alkanes) is 23. The second-order valence-corrected chi connectivity index (χ2v) is 9.49. The molecule has 186 valence electrons. The molecular weight excluding hydrogens is 386 g/mol. The van der Waals surface area contributed by atoms with Gasteiger partial charge < -0.3 is 5.11 Å². The van der Waals surface area contributed by atoms with Crippen LogP contribution < -0.4 is 5.48 Å². The number of amides is 1. The lowest BCUT2D eigenvalue weighted by Gasteiger charge is -2.04. The number of hydrogen-bond acceptors (Lipinski definition) is 3. The molecule has 0 aromatic rings. The number of rotatable bonds is 26. The number of carbonyl (C=O) groups is 1. The van der Waals surface area contributed by atoms with Crippen molar-refractivity contribution < 1.29 is 15.1 Å². The second-order valence-electron chi connectivity index (χ2n) is 9.49. The maximum atomic E-state index is 10.9. The molecule has 0 spiro atoms. The molecule has 0 rings (SSSR count). The predicted octanol–water partition coefficient (Wildman–Crippen LogP) is 8.24. The first-order valence-electron chi connectivity index (χ1n) is 13.8. The van der Waals surface area contributed by atoms with Gasteiger partial charge in [0.25, 0.3) is 0 Å². The summed E-state index contributed by atoms with van der Waals surface area (Å²) in [6.45, 7) is 0.361. The maximum absolute atomic E-state index is 10.9. The van der Waals surface area contributed by atoms with E-state index in [2.05, 4.69) is 0 Å². The maximum Gasteiger partial charge on any atom is 0.243 e. The number of aliphatic hydroxyl groups is 1. The molecule has 0 saturated heterocycles. The minimum absolute atomic E-state index is 0.261. The lowest BCUT2D eigenvalue weighted by atomic mass is 10.0. The summed E-state index contributed by atoms with van der Waals surface area (Å²) in [7, 11) is 0. The highest BCUT2D eigenvalue weighted by Crippen LogP contribution is 2.15. The van der Waals surface area contributed by atoms with Gasteiger partial charge in [0, 0.05) is 13.0 Å². The summed E-state index contributed by atoms with van der Waals surface area (Å²) in [5.41, 5.74) is 1.69. The van der Waals surface area contributed by atoms with E-state index in [9.17, 15) is 4.79 Å². The Morgan fingerprint density at radius 3 is 0.871 bits per heavy atom. The Balaban J connectivity index is 3.01. The molecule has 0 aliphatic carbocycles. The molecule has 0 atom stereocenters. The van der Waals surface area contributed by atoms with Crippen LogP contribution >= 0.6 is 0 Å². The van der Waals surface area contributed by atoms with Crippen LogP contribution in [0.1, 0.15) is 161 Å². The monoisotopic (exact) mass is 441 g/mol. The van der Waals surface area contributed by atoms with Crippen molar-refractivity contribution in [3.05, 3.63) is 0 Å². The summed E-state index contributed by atoms with van der Waals surface area (Å²) in [6.07, 6.45) is 32.3. The quantitative estimate of drug-likeness (QED) is 0.0719. The molecule has 0 heterocycles. The highest BCUT2D eigenvalue weighted by atomic mass is 16.5. The van der Waals surface area contributed by atoms with Gasteiger partial charge in [-0.05, 0) is 12.8 Å². The lowest BCUT2D eigenvalue weighted by molar-refractivity contribution is -0.129. The third kappa shape index (κ3) is 27.4. The summed E-state index contributed by atoms with van der Waals surface area (Å²) in [5.74, 6) is -0.261. The number of aliphatic hydroxyl groups excluding tert-OH is 1. The van der Waals surface area contributed by atoms with Gasteiger partial charge in [-0.2, -0.15) is 0 Å². The van der Waals surface area contributed by atoms with Crippen molar-refractivity contribution in [2.24, 2.45) is 0 Å². The van der Waals surface area contributed by atoms with E-state index >= 15 is 0 Å². The average molecular weight is 442 g/mol. The van der Waals surface area contributed by atoms with Crippen molar-refractivity contribution in [2.75, 3.05) is 6.61 Å². The van der Waals surface area contributed by atoms with E-state index in [1.165, 1.54) is 135 Å². The molecule has 0 aromatic carbocycles. The Bertz CT molecular complexity index is 349. The highest BCUT2D eigenvalue weighted by molar-refractivity contribution is 5.74. The van der Waals surface area contributed by atoms with Gasteiger partial charge in [0.05, 0.1) is 0 Å². The fraction of sp³-hybridized carbons (Fsp3) is 0.963. The van der Waals surface area contributed by atoms with Crippen LogP contribution in [0.3, 0.4) is 0 Å². The van der Waals surface area contributed by atoms with Crippen LogP contribution in [0, 0.1) is 0 Å². The van der Waals surface area contributed by atoms with E-state index in [-0.39, 0.29) is 5.91 Å². The molecule has 0 saturated carbocycles. The second kappa shape index (κ2) is 27.4. The molecule has 0 radical (unpaired) electrons. The van der Waals surface area contributed by atoms with Crippen LogP contribution in [-0.4, -0.2) is 22.8 Å². The number of hydrogen-bond donors (Lipinski definition) is 3. The van der Waals surface area contributed by atoms with Crippen LogP contribution in [0.15, 0.2) is 0 Å². The molecule has 0 aliphatic heterocycles. The van der Waals surface area contributed by atoms with Gasteiger partial charge in [0.1, 0.15) is 0 Å². The molecule has 4 heteroatoms. The SMILES string of the molecule is O=C(CCCCCCCCCCCCCCCCCCCCCCCCCCO)NO. The summed E-state index contributed by atoms with van der Waals surface area (Å²) >= 11 is 0. The van der Waals surface area contributed by atoms with Gasteiger partial charge in [0.15, 0.2) is 0 Å². The number of carbonyl (C=O) groups excluding carboxylic acids is 1. The van der Waals surface area contributed by atoms with Gasteiger partial charge in [0.2, 0.25) is 5.91 Å². The van der Waals surface area contributed by atoms with Crippen molar-refractivity contribution in [3.63, 3.8) is 0 Å². The fourth-order valence-corrected chi connectivity index (χ4v) is 4.34. The third-order valence-corrected chi connectivity index (χ3v) is 6.44. The number of hydroxylamine groups is 1.